The summed E-state index contributed by atoms with van der Waals surface area (Å²) in [6.07, 6.45) is 2.05. The summed E-state index contributed by atoms with van der Waals surface area (Å²) in [5.74, 6) is 0. The molecule has 0 heterocycles. The van der Waals surface area contributed by atoms with Crippen LogP contribution in [0, 0.1) is 0 Å². The first-order chi connectivity index (χ1) is 7.76. The van der Waals surface area contributed by atoms with Gasteiger partial charge in [-0.05, 0) is 42.7 Å². The number of hydrogen-bond donors (Lipinski definition) is 2. The number of benzene rings is 1. The molecule has 0 saturated carbocycles. The molecule has 1 rings (SSSR count). The third kappa shape index (κ3) is 4.83. The minimum Gasteiger partial charge on any atom is -0.383 e. The van der Waals surface area contributed by atoms with Gasteiger partial charge in [0.25, 0.3) is 0 Å². The molecule has 0 fully saturated rings. The number of rotatable bonds is 5. The second-order valence-corrected chi connectivity index (χ2v) is 4.39. The average molecular weight is 256 g/mol. The van der Waals surface area contributed by atoms with E-state index in [2.05, 4.69) is 29.0 Å². The number of nitrogens with one attached hydrogen (secondary N) is 2. The van der Waals surface area contributed by atoms with Crippen molar-refractivity contribution in [2.45, 2.75) is 4.90 Å². The highest BCUT2D eigenvalue weighted by molar-refractivity contribution is 7.98. The number of hydrogen-bond acceptors (Lipinski definition) is 3. The molecule has 0 aliphatic rings. The molecular weight excluding hydrogens is 240 g/mol. The van der Waals surface area contributed by atoms with E-state index in [-0.39, 0.29) is 0 Å². The lowest BCUT2D eigenvalue weighted by Gasteiger charge is -2.10. The number of thioether (sulfide) groups is 1. The number of thiocarbonyl (C=S) groups is 1. The third-order valence-electron chi connectivity index (χ3n) is 1.94. The minimum atomic E-state index is 0.619. The van der Waals surface area contributed by atoms with E-state index in [9.17, 15) is 0 Å². The van der Waals surface area contributed by atoms with E-state index in [1.54, 1.807) is 18.9 Å². The van der Waals surface area contributed by atoms with Crippen molar-refractivity contribution in [2.24, 2.45) is 0 Å². The third-order valence-corrected chi connectivity index (χ3v) is 2.93. The van der Waals surface area contributed by atoms with Gasteiger partial charge in [0, 0.05) is 24.2 Å². The molecule has 2 N–H and O–H groups in total. The highest BCUT2D eigenvalue weighted by Gasteiger charge is 1.96. The molecule has 0 saturated heterocycles. The summed E-state index contributed by atoms with van der Waals surface area (Å²) in [5, 5.41) is 6.78. The Morgan fingerprint density at radius 1 is 1.38 bits per heavy atom. The van der Waals surface area contributed by atoms with Crippen LogP contribution in [-0.4, -0.2) is 31.6 Å². The van der Waals surface area contributed by atoms with Crippen molar-refractivity contribution in [3.05, 3.63) is 24.3 Å². The van der Waals surface area contributed by atoms with Crippen LogP contribution in [0.5, 0.6) is 0 Å². The summed E-state index contributed by atoms with van der Waals surface area (Å²) in [7, 11) is 1.67. The van der Waals surface area contributed by atoms with Crippen LogP contribution in [0.1, 0.15) is 0 Å². The normalized spacial score (nSPS) is 9.88. The molecule has 5 heteroatoms. The standard InChI is InChI=1S/C11H16N2OS2/c1-14-8-7-12-11(15)13-9-3-5-10(16-2)6-4-9/h3-6H,7-8H2,1-2H3,(H2,12,13,15). The summed E-state index contributed by atoms with van der Waals surface area (Å²) in [6.45, 7) is 1.36. The van der Waals surface area contributed by atoms with E-state index in [0.717, 1.165) is 5.69 Å². The largest absolute Gasteiger partial charge is 0.383 e. The predicted octanol–water partition coefficient (Wildman–Crippen LogP) is 2.34. The molecule has 1 aromatic carbocycles. The van der Waals surface area contributed by atoms with Crippen LogP contribution in [0.15, 0.2) is 29.2 Å². The second-order valence-electron chi connectivity index (χ2n) is 3.10. The molecule has 16 heavy (non-hydrogen) atoms. The van der Waals surface area contributed by atoms with Crippen molar-refractivity contribution in [1.29, 1.82) is 0 Å². The van der Waals surface area contributed by atoms with Gasteiger partial charge in [0.15, 0.2) is 5.11 Å². The molecule has 0 aliphatic heterocycles. The molecule has 0 atom stereocenters. The van der Waals surface area contributed by atoms with Gasteiger partial charge in [-0.1, -0.05) is 0 Å². The molecule has 0 unspecified atom stereocenters. The van der Waals surface area contributed by atoms with Gasteiger partial charge in [0.1, 0.15) is 0 Å². The van der Waals surface area contributed by atoms with Crippen molar-refractivity contribution in [3.8, 4) is 0 Å². The first kappa shape index (κ1) is 13.3. The van der Waals surface area contributed by atoms with Gasteiger partial charge >= 0.3 is 0 Å². The van der Waals surface area contributed by atoms with Gasteiger partial charge < -0.3 is 15.4 Å². The van der Waals surface area contributed by atoms with Crippen molar-refractivity contribution in [3.63, 3.8) is 0 Å². The first-order valence-corrected chi connectivity index (χ1v) is 6.57. The maximum atomic E-state index is 5.13. The van der Waals surface area contributed by atoms with Crippen LogP contribution in [0.3, 0.4) is 0 Å². The molecule has 0 aliphatic carbocycles. The maximum Gasteiger partial charge on any atom is 0.170 e. The summed E-state index contributed by atoms with van der Waals surface area (Å²) in [6, 6.07) is 8.14. The average Bonchev–Trinajstić information content (AvgIpc) is 2.30. The van der Waals surface area contributed by atoms with Crippen LogP contribution in [0.2, 0.25) is 0 Å². The SMILES string of the molecule is COCCNC(=S)Nc1ccc(SC)cc1. The fourth-order valence-corrected chi connectivity index (χ4v) is 1.74. The fraction of sp³-hybridized carbons (Fsp3) is 0.364. The highest BCUT2D eigenvalue weighted by atomic mass is 32.2. The van der Waals surface area contributed by atoms with Crippen molar-refractivity contribution in [2.75, 3.05) is 31.8 Å². The molecule has 0 radical (unpaired) electrons. The van der Waals surface area contributed by atoms with Crippen LogP contribution < -0.4 is 10.6 Å². The summed E-state index contributed by atoms with van der Waals surface area (Å²) >= 11 is 6.85. The molecule has 88 valence electrons. The molecule has 0 amide bonds. The lowest BCUT2D eigenvalue weighted by molar-refractivity contribution is 0.204. The Morgan fingerprint density at radius 3 is 2.62 bits per heavy atom. The monoisotopic (exact) mass is 256 g/mol. The zero-order valence-electron chi connectivity index (χ0n) is 9.45. The Hall–Kier alpha value is -0.780. The van der Waals surface area contributed by atoms with Crippen molar-refractivity contribution >= 4 is 34.8 Å². The van der Waals surface area contributed by atoms with E-state index in [1.165, 1.54) is 4.90 Å². The molecule has 3 nitrogen and oxygen atoms in total. The summed E-state index contributed by atoms with van der Waals surface area (Å²) in [5.41, 5.74) is 0.993. The van der Waals surface area contributed by atoms with E-state index in [4.69, 9.17) is 17.0 Å². The highest BCUT2D eigenvalue weighted by Crippen LogP contribution is 2.17. The zero-order chi connectivity index (χ0) is 11.8. The number of anilines is 1. The Bertz CT molecular complexity index is 327. The van der Waals surface area contributed by atoms with Gasteiger partial charge in [0.2, 0.25) is 0 Å². The van der Waals surface area contributed by atoms with Gasteiger partial charge in [-0.25, -0.2) is 0 Å². The number of ether oxygens (including phenoxy) is 1. The molecular formula is C11H16N2OS2. The van der Waals surface area contributed by atoms with Crippen LogP contribution in [-0.2, 0) is 4.74 Å². The lowest BCUT2D eigenvalue weighted by atomic mass is 10.3. The van der Waals surface area contributed by atoms with E-state index in [0.29, 0.717) is 18.3 Å². The predicted molar refractivity (Wildman–Crippen MR) is 74.3 cm³/mol. The van der Waals surface area contributed by atoms with Crippen LogP contribution in [0.4, 0.5) is 5.69 Å². The van der Waals surface area contributed by atoms with E-state index in [1.807, 2.05) is 12.1 Å². The first-order valence-electron chi connectivity index (χ1n) is 4.94. The smallest absolute Gasteiger partial charge is 0.170 e. The van der Waals surface area contributed by atoms with Gasteiger partial charge in [-0.3, -0.25) is 0 Å². The fourth-order valence-electron chi connectivity index (χ4n) is 1.12. The molecule has 0 spiro atoms. The molecule has 0 aromatic heterocycles. The van der Waals surface area contributed by atoms with Gasteiger partial charge in [-0.15, -0.1) is 11.8 Å². The topological polar surface area (TPSA) is 33.3 Å². The summed E-state index contributed by atoms with van der Waals surface area (Å²) < 4.78 is 4.92. The van der Waals surface area contributed by atoms with Crippen LogP contribution >= 0.6 is 24.0 Å². The van der Waals surface area contributed by atoms with Gasteiger partial charge in [-0.2, -0.15) is 0 Å². The molecule has 1 aromatic rings. The Balaban J connectivity index is 2.37. The van der Waals surface area contributed by atoms with E-state index < -0.39 is 0 Å². The lowest BCUT2D eigenvalue weighted by Crippen LogP contribution is -2.31. The van der Waals surface area contributed by atoms with E-state index >= 15 is 0 Å². The van der Waals surface area contributed by atoms with Crippen molar-refractivity contribution in [1.82, 2.24) is 5.32 Å². The summed E-state index contributed by atoms with van der Waals surface area (Å²) in [4.78, 5) is 1.24. The van der Waals surface area contributed by atoms with Crippen molar-refractivity contribution < 1.29 is 4.74 Å². The maximum absolute atomic E-state index is 5.13. The quantitative estimate of drug-likeness (QED) is 0.480. The second kappa shape index (κ2) is 7.49. The Morgan fingerprint density at radius 2 is 2.06 bits per heavy atom. The zero-order valence-corrected chi connectivity index (χ0v) is 11.1. The Kier molecular flexibility index (Phi) is 6.22. The van der Waals surface area contributed by atoms with Gasteiger partial charge in [0.05, 0.1) is 6.61 Å². The Labute approximate surface area is 106 Å². The minimum absolute atomic E-state index is 0.619. The number of methoxy groups -OCH3 is 1. The molecule has 0 bridgehead atoms. The van der Waals surface area contributed by atoms with Crippen LogP contribution in [0.25, 0.3) is 0 Å².